The molecule has 4 rings (SSSR count). The molecule has 1 heterocycles. The van der Waals surface area contributed by atoms with Crippen LogP contribution in [0.5, 0.6) is 0 Å². The Morgan fingerprint density at radius 3 is 2.38 bits per heavy atom. The van der Waals surface area contributed by atoms with E-state index in [1.54, 1.807) is 18.2 Å². The van der Waals surface area contributed by atoms with Crippen LogP contribution in [0, 0.1) is 5.82 Å². The maximum atomic E-state index is 13.9. The van der Waals surface area contributed by atoms with E-state index in [0.29, 0.717) is 11.4 Å². The molecule has 0 saturated heterocycles. The van der Waals surface area contributed by atoms with Crippen LogP contribution in [0.2, 0.25) is 0 Å². The first-order valence-electron chi connectivity index (χ1n) is 7.02. The van der Waals surface area contributed by atoms with Crippen molar-refractivity contribution in [3.05, 3.63) is 71.7 Å². The van der Waals surface area contributed by atoms with Crippen LogP contribution in [0.25, 0.3) is 22.6 Å². The summed E-state index contributed by atoms with van der Waals surface area (Å²) in [5.41, 5.74) is 4.95. The fourth-order valence-electron chi connectivity index (χ4n) is 2.83. The molecular weight excluding hydrogens is 263 g/mol. The number of fused-ring (bicyclic) bond motifs is 3. The number of aryl methyl sites for hydroxylation is 2. The second kappa shape index (κ2) is 4.77. The standard InChI is InChI=1S/C18H13FN2/c19-16-8-4-3-7-15(16)18-20-11-13-10-9-12-5-1-2-6-14(12)17(13)21-18/h1-8,11H,9-10H2. The zero-order valence-corrected chi connectivity index (χ0v) is 11.4. The first-order chi connectivity index (χ1) is 10.3. The second-order valence-corrected chi connectivity index (χ2v) is 5.20. The van der Waals surface area contributed by atoms with E-state index in [0.717, 1.165) is 29.7 Å². The predicted octanol–water partition coefficient (Wildman–Crippen LogP) is 4.05. The molecule has 0 fully saturated rings. The smallest absolute Gasteiger partial charge is 0.162 e. The third-order valence-corrected chi connectivity index (χ3v) is 3.92. The van der Waals surface area contributed by atoms with E-state index >= 15 is 0 Å². The molecule has 1 aromatic heterocycles. The maximum absolute atomic E-state index is 13.9. The van der Waals surface area contributed by atoms with Gasteiger partial charge in [-0.1, -0.05) is 36.4 Å². The second-order valence-electron chi connectivity index (χ2n) is 5.20. The fourth-order valence-corrected chi connectivity index (χ4v) is 2.83. The summed E-state index contributed by atoms with van der Waals surface area (Å²) in [6.45, 7) is 0. The number of halogens is 1. The van der Waals surface area contributed by atoms with Crippen LogP contribution in [0.1, 0.15) is 11.1 Å². The van der Waals surface area contributed by atoms with Crippen LogP contribution in [-0.2, 0) is 12.8 Å². The van der Waals surface area contributed by atoms with Crippen LogP contribution >= 0.6 is 0 Å². The van der Waals surface area contributed by atoms with Crippen molar-refractivity contribution in [2.75, 3.05) is 0 Å². The molecule has 0 unspecified atom stereocenters. The molecule has 0 saturated carbocycles. The van der Waals surface area contributed by atoms with Gasteiger partial charge in [-0.15, -0.1) is 0 Å². The monoisotopic (exact) mass is 276 g/mol. The number of hydrogen-bond donors (Lipinski definition) is 0. The van der Waals surface area contributed by atoms with Crippen molar-refractivity contribution >= 4 is 0 Å². The number of nitrogens with zero attached hydrogens (tertiary/aromatic N) is 2. The van der Waals surface area contributed by atoms with Crippen LogP contribution in [0.4, 0.5) is 4.39 Å². The highest BCUT2D eigenvalue weighted by molar-refractivity contribution is 5.71. The quantitative estimate of drug-likeness (QED) is 0.670. The van der Waals surface area contributed by atoms with Crippen molar-refractivity contribution in [3.8, 4) is 22.6 Å². The summed E-state index contributed by atoms with van der Waals surface area (Å²) < 4.78 is 13.9. The molecule has 0 amide bonds. The third-order valence-electron chi connectivity index (χ3n) is 3.92. The Morgan fingerprint density at radius 1 is 0.810 bits per heavy atom. The molecule has 1 aliphatic carbocycles. The zero-order chi connectivity index (χ0) is 14.2. The lowest BCUT2D eigenvalue weighted by Gasteiger charge is -2.18. The molecule has 0 atom stereocenters. The number of aromatic nitrogens is 2. The van der Waals surface area contributed by atoms with Gasteiger partial charge in [0.15, 0.2) is 5.82 Å². The van der Waals surface area contributed by atoms with Gasteiger partial charge in [-0.25, -0.2) is 14.4 Å². The molecule has 102 valence electrons. The minimum atomic E-state index is -0.290. The lowest BCUT2D eigenvalue weighted by Crippen LogP contribution is -2.07. The molecular formula is C18H13FN2. The highest BCUT2D eigenvalue weighted by Crippen LogP contribution is 2.32. The normalized spacial score (nSPS) is 12.6. The van der Waals surface area contributed by atoms with E-state index in [1.165, 1.54) is 11.6 Å². The first kappa shape index (κ1) is 12.2. The van der Waals surface area contributed by atoms with Crippen molar-refractivity contribution in [2.45, 2.75) is 12.8 Å². The summed E-state index contributed by atoms with van der Waals surface area (Å²) >= 11 is 0. The van der Waals surface area contributed by atoms with Gasteiger partial charge in [0.25, 0.3) is 0 Å². The summed E-state index contributed by atoms with van der Waals surface area (Å²) in [5, 5.41) is 0. The Hall–Kier alpha value is -2.55. The van der Waals surface area contributed by atoms with Crippen molar-refractivity contribution in [1.29, 1.82) is 0 Å². The Bertz CT molecular complexity index is 827. The Balaban J connectivity index is 1.91. The highest BCUT2D eigenvalue weighted by Gasteiger charge is 2.19. The molecule has 0 N–H and O–H groups in total. The third kappa shape index (κ3) is 2.02. The molecule has 21 heavy (non-hydrogen) atoms. The molecule has 0 spiro atoms. The molecule has 2 nitrogen and oxygen atoms in total. The molecule has 2 aromatic carbocycles. The molecule has 1 aliphatic rings. The number of hydrogen-bond acceptors (Lipinski definition) is 2. The van der Waals surface area contributed by atoms with Crippen molar-refractivity contribution in [1.82, 2.24) is 9.97 Å². The molecule has 0 radical (unpaired) electrons. The zero-order valence-electron chi connectivity index (χ0n) is 11.4. The van der Waals surface area contributed by atoms with Gasteiger partial charge < -0.3 is 0 Å². The first-order valence-corrected chi connectivity index (χ1v) is 7.02. The number of rotatable bonds is 1. The van der Waals surface area contributed by atoms with Crippen LogP contribution in [-0.4, -0.2) is 9.97 Å². The summed E-state index contributed by atoms with van der Waals surface area (Å²) in [4.78, 5) is 8.98. The minimum absolute atomic E-state index is 0.290. The number of benzene rings is 2. The van der Waals surface area contributed by atoms with Gasteiger partial charge in [0, 0.05) is 11.8 Å². The molecule has 0 aliphatic heterocycles. The van der Waals surface area contributed by atoms with Crippen LogP contribution in [0.3, 0.4) is 0 Å². The van der Waals surface area contributed by atoms with Gasteiger partial charge in [0.2, 0.25) is 0 Å². The molecule has 3 heteroatoms. The van der Waals surface area contributed by atoms with Gasteiger partial charge >= 0.3 is 0 Å². The Morgan fingerprint density at radius 2 is 1.52 bits per heavy atom. The summed E-state index contributed by atoms with van der Waals surface area (Å²) in [6, 6.07) is 14.9. The van der Waals surface area contributed by atoms with Gasteiger partial charge in [-0.3, -0.25) is 0 Å². The topological polar surface area (TPSA) is 25.8 Å². The summed E-state index contributed by atoms with van der Waals surface area (Å²) in [6.07, 6.45) is 3.77. The van der Waals surface area contributed by atoms with Crippen molar-refractivity contribution < 1.29 is 4.39 Å². The van der Waals surface area contributed by atoms with E-state index in [-0.39, 0.29) is 5.82 Å². The van der Waals surface area contributed by atoms with E-state index in [9.17, 15) is 4.39 Å². The van der Waals surface area contributed by atoms with Gasteiger partial charge in [0.05, 0.1) is 11.3 Å². The van der Waals surface area contributed by atoms with E-state index in [2.05, 4.69) is 22.1 Å². The minimum Gasteiger partial charge on any atom is -0.236 e. The van der Waals surface area contributed by atoms with Gasteiger partial charge in [-0.05, 0) is 36.1 Å². The lowest BCUT2D eigenvalue weighted by atomic mass is 9.90. The molecule has 0 bridgehead atoms. The van der Waals surface area contributed by atoms with Crippen LogP contribution in [0.15, 0.2) is 54.7 Å². The van der Waals surface area contributed by atoms with Gasteiger partial charge in [-0.2, -0.15) is 0 Å². The SMILES string of the molecule is Fc1ccccc1-c1ncc2c(n1)-c1ccccc1CC2. The van der Waals surface area contributed by atoms with E-state index in [1.807, 2.05) is 18.3 Å². The molecule has 3 aromatic rings. The largest absolute Gasteiger partial charge is 0.236 e. The summed E-state index contributed by atoms with van der Waals surface area (Å²) in [5.74, 6) is 0.157. The highest BCUT2D eigenvalue weighted by atomic mass is 19.1. The van der Waals surface area contributed by atoms with Crippen molar-refractivity contribution in [3.63, 3.8) is 0 Å². The van der Waals surface area contributed by atoms with Crippen molar-refractivity contribution in [2.24, 2.45) is 0 Å². The van der Waals surface area contributed by atoms with E-state index in [4.69, 9.17) is 0 Å². The summed E-state index contributed by atoms with van der Waals surface area (Å²) in [7, 11) is 0. The van der Waals surface area contributed by atoms with E-state index < -0.39 is 0 Å². The predicted molar refractivity (Wildman–Crippen MR) is 80.3 cm³/mol. The lowest BCUT2D eigenvalue weighted by molar-refractivity contribution is 0.630. The van der Waals surface area contributed by atoms with Crippen LogP contribution < -0.4 is 0 Å². The Kier molecular flexibility index (Phi) is 2.78. The van der Waals surface area contributed by atoms with Gasteiger partial charge in [0.1, 0.15) is 5.82 Å². The fraction of sp³-hybridized carbons (Fsp3) is 0.111. The average Bonchev–Trinajstić information content (AvgIpc) is 2.55. The Labute approximate surface area is 122 Å². The average molecular weight is 276 g/mol. The maximum Gasteiger partial charge on any atom is 0.162 e.